The van der Waals surface area contributed by atoms with Gasteiger partial charge >= 0.3 is 6.01 Å². The Morgan fingerprint density at radius 1 is 1.11 bits per heavy atom. The van der Waals surface area contributed by atoms with Gasteiger partial charge in [-0.05, 0) is 42.5 Å². The van der Waals surface area contributed by atoms with Crippen LogP contribution in [0.3, 0.4) is 0 Å². The first-order chi connectivity index (χ1) is 13.5. The molecule has 2 aromatic carbocycles. The van der Waals surface area contributed by atoms with Crippen molar-refractivity contribution in [1.29, 1.82) is 0 Å². The highest BCUT2D eigenvalue weighted by Gasteiger charge is 2.14. The maximum Gasteiger partial charge on any atom is 0.318 e. The number of carbonyl (C=O) groups is 1. The number of anilines is 2. The molecule has 3 aromatic rings. The minimum atomic E-state index is -0.348. The van der Waals surface area contributed by atoms with Crippen molar-refractivity contribution in [3.63, 3.8) is 0 Å². The van der Waals surface area contributed by atoms with Crippen LogP contribution in [0.25, 0.3) is 0 Å². The number of amides is 1. The zero-order chi connectivity index (χ0) is 20.1. The van der Waals surface area contributed by atoms with Crippen molar-refractivity contribution in [2.45, 2.75) is 0 Å². The van der Waals surface area contributed by atoms with E-state index >= 15 is 0 Å². The van der Waals surface area contributed by atoms with E-state index in [2.05, 4.69) is 15.3 Å². The minimum Gasteiger partial charge on any atom is -0.467 e. The predicted molar refractivity (Wildman–Crippen MR) is 104 cm³/mol. The van der Waals surface area contributed by atoms with Gasteiger partial charge < -0.3 is 19.7 Å². The third-order valence-corrected chi connectivity index (χ3v) is 3.75. The number of ether oxygens (including phenoxy) is 2. The van der Waals surface area contributed by atoms with Crippen LogP contribution < -0.4 is 19.7 Å². The number of aromatic nitrogens is 2. The predicted octanol–water partition coefficient (Wildman–Crippen LogP) is 3.73. The van der Waals surface area contributed by atoms with E-state index in [1.54, 1.807) is 43.3 Å². The second kappa shape index (κ2) is 8.34. The second-order valence-electron chi connectivity index (χ2n) is 6.03. The van der Waals surface area contributed by atoms with Crippen molar-refractivity contribution in [3.8, 4) is 17.5 Å². The van der Waals surface area contributed by atoms with Gasteiger partial charge in [0.05, 0.1) is 13.3 Å². The smallest absolute Gasteiger partial charge is 0.318 e. The van der Waals surface area contributed by atoms with Crippen LogP contribution >= 0.6 is 0 Å². The molecule has 0 atom stereocenters. The van der Waals surface area contributed by atoms with E-state index in [1.807, 2.05) is 0 Å². The van der Waals surface area contributed by atoms with Crippen molar-refractivity contribution in [1.82, 2.24) is 9.97 Å². The number of carbonyl (C=O) groups excluding carboxylic acids is 1. The van der Waals surface area contributed by atoms with Crippen LogP contribution in [0, 0.1) is 5.82 Å². The summed E-state index contributed by atoms with van der Waals surface area (Å²) in [6.45, 7) is 0. The van der Waals surface area contributed by atoms with Gasteiger partial charge in [-0.2, -0.15) is 4.98 Å². The summed E-state index contributed by atoms with van der Waals surface area (Å²) < 4.78 is 23.7. The second-order valence-corrected chi connectivity index (χ2v) is 6.03. The molecule has 0 saturated carbocycles. The standard InChI is InChI=1S/C20H19FN4O3/c1-25(2)18-17(12-22-20(24-18)27-3)23-19(26)13-5-4-6-16(11-13)28-15-9-7-14(21)8-10-15/h4-12H,1-3H3,(H,23,26). The maximum atomic E-state index is 13.0. The van der Waals surface area contributed by atoms with Gasteiger partial charge in [0.1, 0.15) is 23.0 Å². The molecule has 144 valence electrons. The lowest BCUT2D eigenvalue weighted by atomic mass is 10.2. The Morgan fingerprint density at radius 3 is 2.54 bits per heavy atom. The Kier molecular flexibility index (Phi) is 5.69. The van der Waals surface area contributed by atoms with Crippen LogP contribution in [0.5, 0.6) is 17.5 Å². The highest BCUT2D eigenvalue weighted by molar-refractivity contribution is 6.05. The lowest BCUT2D eigenvalue weighted by Gasteiger charge is -2.17. The normalized spacial score (nSPS) is 10.3. The molecule has 1 N–H and O–H groups in total. The van der Waals surface area contributed by atoms with Gasteiger partial charge in [-0.25, -0.2) is 9.37 Å². The van der Waals surface area contributed by atoms with Crippen LogP contribution in [0.1, 0.15) is 10.4 Å². The molecule has 1 amide bonds. The van der Waals surface area contributed by atoms with Crippen molar-refractivity contribution < 1.29 is 18.7 Å². The molecule has 28 heavy (non-hydrogen) atoms. The molecular formula is C20H19FN4O3. The molecule has 0 aliphatic heterocycles. The van der Waals surface area contributed by atoms with E-state index in [9.17, 15) is 9.18 Å². The van der Waals surface area contributed by atoms with Gasteiger partial charge in [0, 0.05) is 19.7 Å². The summed E-state index contributed by atoms with van der Waals surface area (Å²) in [6, 6.07) is 12.5. The van der Waals surface area contributed by atoms with E-state index in [4.69, 9.17) is 9.47 Å². The van der Waals surface area contributed by atoms with E-state index in [0.29, 0.717) is 28.6 Å². The summed E-state index contributed by atoms with van der Waals surface area (Å²) in [6.07, 6.45) is 1.48. The molecule has 0 aliphatic carbocycles. The molecule has 1 heterocycles. The number of halogens is 1. The molecule has 0 unspecified atom stereocenters. The molecule has 3 rings (SSSR count). The van der Waals surface area contributed by atoms with Gasteiger partial charge in [0.25, 0.3) is 5.91 Å². The third kappa shape index (κ3) is 4.53. The summed E-state index contributed by atoms with van der Waals surface area (Å²) in [5.74, 6) is 0.745. The first-order valence-electron chi connectivity index (χ1n) is 8.39. The molecule has 1 aromatic heterocycles. The van der Waals surface area contributed by atoms with Gasteiger partial charge in [-0.15, -0.1) is 0 Å². The summed E-state index contributed by atoms with van der Waals surface area (Å²) in [4.78, 5) is 22.7. The lowest BCUT2D eigenvalue weighted by Crippen LogP contribution is -2.18. The number of hydrogen-bond acceptors (Lipinski definition) is 6. The Hall–Kier alpha value is -3.68. The Morgan fingerprint density at radius 2 is 1.86 bits per heavy atom. The van der Waals surface area contributed by atoms with Crippen molar-refractivity contribution in [2.24, 2.45) is 0 Å². The first-order valence-corrected chi connectivity index (χ1v) is 8.39. The van der Waals surface area contributed by atoms with Crippen LogP contribution in [0.15, 0.2) is 54.7 Å². The van der Waals surface area contributed by atoms with Gasteiger partial charge in [0.2, 0.25) is 0 Å². The number of nitrogens with one attached hydrogen (secondary N) is 1. The molecule has 0 radical (unpaired) electrons. The summed E-state index contributed by atoms with van der Waals surface area (Å²) >= 11 is 0. The van der Waals surface area contributed by atoms with Crippen LogP contribution in [0.4, 0.5) is 15.9 Å². The van der Waals surface area contributed by atoms with Crippen LogP contribution in [0.2, 0.25) is 0 Å². The molecule has 0 spiro atoms. The number of methoxy groups -OCH3 is 1. The Bertz CT molecular complexity index is 977. The topological polar surface area (TPSA) is 76.6 Å². The average Bonchev–Trinajstić information content (AvgIpc) is 2.70. The molecular weight excluding hydrogens is 363 g/mol. The molecule has 8 heteroatoms. The third-order valence-electron chi connectivity index (χ3n) is 3.75. The fraction of sp³-hybridized carbons (Fsp3) is 0.150. The molecule has 0 aliphatic rings. The van der Waals surface area contributed by atoms with Gasteiger partial charge in [0.15, 0.2) is 5.82 Å². The lowest BCUT2D eigenvalue weighted by molar-refractivity contribution is 0.102. The van der Waals surface area contributed by atoms with Crippen molar-refractivity contribution >= 4 is 17.4 Å². The fourth-order valence-corrected chi connectivity index (χ4v) is 2.42. The summed E-state index contributed by atoms with van der Waals surface area (Å²) in [5.41, 5.74) is 0.834. The van der Waals surface area contributed by atoms with Crippen molar-refractivity contribution in [2.75, 3.05) is 31.4 Å². The maximum absolute atomic E-state index is 13.0. The summed E-state index contributed by atoms with van der Waals surface area (Å²) in [5, 5.41) is 2.79. The Labute approximate surface area is 161 Å². The molecule has 0 saturated heterocycles. The molecule has 0 bridgehead atoms. The van der Waals surface area contributed by atoms with Crippen molar-refractivity contribution in [3.05, 3.63) is 66.1 Å². The highest BCUT2D eigenvalue weighted by Crippen LogP contribution is 2.25. The average molecular weight is 382 g/mol. The highest BCUT2D eigenvalue weighted by atomic mass is 19.1. The van der Waals surface area contributed by atoms with Gasteiger partial charge in [-0.3, -0.25) is 4.79 Å². The van der Waals surface area contributed by atoms with Crippen LogP contribution in [-0.2, 0) is 0 Å². The number of rotatable bonds is 6. The number of benzene rings is 2. The quantitative estimate of drug-likeness (QED) is 0.700. The molecule has 0 fully saturated rings. The Balaban J connectivity index is 1.79. The first kappa shape index (κ1) is 19.1. The van der Waals surface area contributed by atoms with Gasteiger partial charge in [-0.1, -0.05) is 6.07 Å². The summed E-state index contributed by atoms with van der Waals surface area (Å²) in [7, 11) is 5.07. The zero-order valence-electron chi connectivity index (χ0n) is 15.6. The SMILES string of the molecule is COc1ncc(NC(=O)c2cccc(Oc3ccc(F)cc3)c2)c(N(C)C)n1. The number of hydrogen-bond donors (Lipinski definition) is 1. The largest absolute Gasteiger partial charge is 0.467 e. The molecule has 7 nitrogen and oxygen atoms in total. The van der Waals surface area contributed by atoms with Crippen LogP contribution in [-0.4, -0.2) is 37.1 Å². The minimum absolute atomic E-state index is 0.205. The number of nitrogens with zero attached hydrogens (tertiary/aromatic N) is 3. The van der Waals surface area contributed by atoms with E-state index < -0.39 is 0 Å². The van der Waals surface area contributed by atoms with E-state index in [1.165, 1.54) is 37.6 Å². The monoisotopic (exact) mass is 382 g/mol. The van der Waals surface area contributed by atoms with E-state index in [0.717, 1.165) is 0 Å². The fourth-order valence-electron chi connectivity index (χ4n) is 2.42. The van der Waals surface area contributed by atoms with E-state index in [-0.39, 0.29) is 17.7 Å². The zero-order valence-corrected chi connectivity index (χ0v) is 15.6.